The summed E-state index contributed by atoms with van der Waals surface area (Å²) in [4.78, 5) is 48.5. The first-order chi connectivity index (χ1) is 17.2. The van der Waals surface area contributed by atoms with Gasteiger partial charge in [0.2, 0.25) is 11.8 Å². The summed E-state index contributed by atoms with van der Waals surface area (Å²) in [6.45, 7) is 3.51. The van der Waals surface area contributed by atoms with Gasteiger partial charge < -0.3 is 24.9 Å². The van der Waals surface area contributed by atoms with Gasteiger partial charge >= 0.3 is 11.6 Å². The molecule has 0 bridgehead atoms. The number of carboxylic acid groups (broad SMARTS) is 1. The van der Waals surface area contributed by atoms with E-state index in [-0.39, 0.29) is 30.6 Å². The number of benzene rings is 1. The topological polar surface area (TPSA) is 135 Å². The van der Waals surface area contributed by atoms with Crippen molar-refractivity contribution in [2.45, 2.75) is 89.7 Å². The summed E-state index contributed by atoms with van der Waals surface area (Å²) >= 11 is 0. The number of fused-ring (bicyclic) bond motifs is 2. The van der Waals surface area contributed by atoms with Crippen molar-refractivity contribution in [3.05, 3.63) is 39.2 Å². The van der Waals surface area contributed by atoms with E-state index >= 15 is 0 Å². The summed E-state index contributed by atoms with van der Waals surface area (Å²) in [5.74, 6) is -1.18. The second kappa shape index (κ2) is 10.7. The number of hydrogen-bond donors (Lipinski definition) is 3. The van der Waals surface area contributed by atoms with Gasteiger partial charge in [-0.15, -0.1) is 0 Å². The van der Waals surface area contributed by atoms with Crippen LogP contribution in [0.5, 0.6) is 5.75 Å². The van der Waals surface area contributed by atoms with Gasteiger partial charge in [0.05, 0.1) is 18.4 Å². The summed E-state index contributed by atoms with van der Waals surface area (Å²) < 4.78 is 12.1. The molecule has 2 amide bonds. The number of carboxylic acids is 1. The van der Waals surface area contributed by atoms with Crippen LogP contribution in [0, 0.1) is 6.92 Å². The number of rotatable bonds is 8. The fourth-order valence-electron chi connectivity index (χ4n) is 5.33. The van der Waals surface area contributed by atoms with Crippen LogP contribution in [0.3, 0.4) is 0 Å². The smallest absolute Gasteiger partial charge is 0.340 e. The van der Waals surface area contributed by atoms with Gasteiger partial charge in [0.15, 0.2) is 0 Å². The molecule has 9 nitrogen and oxygen atoms in total. The predicted molar refractivity (Wildman–Crippen MR) is 133 cm³/mol. The zero-order valence-electron chi connectivity index (χ0n) is 20.9. The van der Waals surface area contributed by atoms with Gasteiger partial charge in [0, 0.05) is 18.0 Å². The third-order valence-electron chi connectivity index (χ3n) is 7.45. The normalized spacial score (nSPS) is 17.2. The Labute approximate surface area is 209 Å². The summed E-state index contributed by atoms with van der Waals surface area (Å²) in [5.41, 5.74) is 1.75. The molecule has 1 aromatic heterocycles. The maximum Gasteiger partial charge on any atom is 0.340 e. The molecule has 0 radical (unpaired) electrons. The van der Waals surface area contributed by atoms with Crippen LogP contribution in [0.15, 0.2) is 21.3 Å². The van der Waals surface area contributed by atoms with E-state index in [0.29, 0.717) is 17.6 Å². The van der Waals surface area contributed by atoms with Crippen molar-refractivity contribution in [3.8, 4) is 5.75 Å². The highest BCUT2D eigenvalue weighted by Crippen LogP contribution is 2.43. The van der Waals surface area contributed by atoms with Gasteiger partial charge in [0.25, 0.3) is 0 Å². The molecule has 2 aromatic rings. The van der Waals surface area contributed by atoms with Crippen LogP contribution in [0.25, 0.3) is 11.0 Å². The first-order valence-corrected chi connectivity index (χ1v) is 12.8. The van der Waals surface area contributed by atoms with Crippen molar-refractivity contribution >= 4 is 28.8 Å². The molecule has 0 unspecified atom stereocenters. The number of ether oxygens (including phenoxy) is 1. The number of carbonyl (C=O) groups excluding carboxylic acids is 2. The summed E-state index contributed by atoms with van der Waals surface area (Å²) in [5, 5.41) is 14.6. The van der Waals surface area contributed by atoms with Gasteiger partial charge in [0.1, 0.15) is 23.0 Å². The molecule has 1 aliphatic heterocycles. The van der Waals surface area contributed by atoms with Gasteiger partial charge in [-0.3, -0.25) is 14.4 Å². The van der Waals surface area contributed by atoms with Crippen molar-refractivity contribution in [1.82, 2.24) is 10.6 Å². The van der Waals surface area contributed by atoms with E-state index in [4.69, 9.17) is 14.3 Å². The Morgan fingerprint density at radius 2 is 1.89 bits per heavy atom. The standard InChI is InChI=1S/C27H34N2O7/c1-3-20(25(33)28-12-8-24(31)32)29-23(30)14-19-16(2)18-13-17-7-11-27(9-5-4-6-10-27)36-21(17)15-22(18)35-26(19)34/h13,15,20H,3-12,14H2,1-2H3,(H,28,33)(H,29,30)(H,31,32)/t20-/m0/s1. The van der Waals surface area contributed by atoms with E-state index < -0.39 is 29.5 Å². The molecule has 9 heteroatoms. The molecular formula is C27H34N2O7. The van der Waals surface area contributed by atoms with E-state index in [1.54, 1.807) is 13.8 Å². The van der Waals surface area contributed by atoms with E-state index in [1.807, 2.05) is 12.1 Å². The fraction of sp³-hybridized carbons (Fsp3) is 0.556. The number of amides is 2. The maximum absolute atomic E-state index is 12.8. The molecule has 2 heterocycles. The molecular weight excluding hydrogens is 464 g/mol. The van der Waals surface area contributed by atoms with Crippen LogP contribution in [-0.4, -0.2) is 41.1 Å². The highest BCUT2D eigenvalue weighted by atomic mass is 16.5. The first-order valence-electron chi connectivity index (χ1n) is 12.8. The highest BCUT2D eigenvalue weighted by Gasteiger charge is 2.37. The monoisotopic (exact) mass is 498 g/mol. The average molecular weight is 499 g/mol. The minimum absolute atomic E-state index is 0.0247. The Kier molecular flexibility index (Phi) is 7.66. The lowest BCUT2D eigenvalue weighted by atomic mass is 9.79. The lowest BCUT2D eigenvalue weighted by Gasteiger charge is -2.41. The third-order valence-corrected chi connectivity index (χ3v) is 7.45. The second-order valence-electron chi connectivity index (χ2n) is 9.93. The second-order valence-corrected chi connectivity index (χ2v) is 9.93. The lowest BCUT2D eigenvalue weighted by Crippen LogP contribution is -2.47. The van der Waals surface area contributed by atoms with Crippen LogP contribution in [0.1, 0.15) is 75.0 Å². The SMILES string of the molecule is CC[C@H](NC(=O)Cc1c(C)c2cc3c(cc2oc1=O)OC1(CCCCC1)CC3)C(=O)NCCC(=O)O. The Balaban J connectivity index is 1.50. The molecule has 194 valence electrons. The van der Waals surface area contributed by atoms with Crippen molar-refractivity contribution in [3.63, 3.8) is 0 Å². The Morgan fingerprint density at radius 3 is 2.58 bits per heavy atom. The van der Waals surface area contributed by atoms with Gasteiger partial charge in [-0.1, -0.05) is 13.3 Å². The molecule has 4 rings (SSSR count). The molecule has 36 heavy (non-hydrogen) atoms. The van der Waals surface area contributed by atoms with E-state index in [0.717, 1.165) is 42.4 Å². The molecule has 1 aromatic carbocycles. The summed E-state index contributed by atoms with van der Waals surface area (Å²) in [6, 6.07) is 2.99. The fourth-order valence-corrected chi connectivity index (χ4v) is 5.33. The minimum Gasteiger partial charge on any atom is -0.487 e. The van der Waals surface area contributed by atoms with Crippen LogP contribution in [0.4, 0.5) is 0 Å². The van der Waals surface area contributed by atoms with Crippen molar-refractivity contribution in [2.75, 3.05) is 6.54 Å². The van der Waals surface area contributed by atoms with E-state index in [9.17, 15) is 19.2 Å². The Hall–Kier alpha value is -3.36. The zero-order valence-corrected chi connectivity index (χ0v) is 20.9. The van der Waals surface area contributed by atoms with Gasteiger partial charge in [-0.2, -0.15) is 0 Å². The molecule has 1 aliphatic carbocycles. The predicted octanol–water partition coefficient (Wildman–Crippen LogP) is 3.16. The van der Waals surface area contributed by atoms with Gasteiger partial charge in [-0.25, -0.2) is 4.79 Å². The Bertz CT molecular complexity index is 1230. The quantitative estimate of drug-likeness (QED) is 0.476. The molecule has 1 spiro atoms. The van der Waals surface area contributed by atoms with E-state index in [2.05, 4.69) is 10.6 Å². The number of aryl methyl sites for hydroxylation is 2. The molecule has 1 saturated carbocycles. The molecule has 3 N–H and O–H groups in total. The van der Waals surface area contributed by atoms with E-state index in [1.165, 1.54) is 19.3 Å². The average Bonchev–Trinajstić information content (AvgIpc) is 2.84. The molecule has 2 aliphatic rings. The first kappa shape index (κ1) is 25.7. The van der Waals surface area contributed by atoms with Crippen molar-refractivity contribution in [1.29, 1.82) is 0 Å². The molecule has 1 fully saturated rings. The Morgan fingerprint density at radius 1 is 1.14 bits per heavy atom. The number of nitrogens with one attached hydrogen (secondary N) is 2. The summed E-state index contributed by atoms with van der Waals surface area (Å²) in [7, 11) is 0. The number of aliphatic carboxylic acids is 1. The van der Waals surface area contributed by atoms with Crippen molar-refractivity contribution in [2.24, 2.45) is 0 Å². The van der Waals surface area contributed by atoms with Crippen molar-refractivity contribution < 1.29 is 28.6 Å². The highest BCUT2D eigenvalue weighted by molar-refractivity contribution is 5.90. The van der Waals surface area contributed by atoms with Crippen LogP contribution < -0.4 is 21.0 Å². The van der Waals surface area contributed by atoms with Gasteiger partial charge in [-0.05, 0) is 69.1 Å². The molecule has 1 atom stereocenters. The maximum atomic E-state index is 12.8. The summed E-state index contributed by atoms with van der Waals surface area (Å²) in [6.07, 6.45) is 7.46. The number of carbonyl (C=O) groups is 3. The lowest BCUT2D eigenvalue weighted by molar-refractivity contribution is -0.137. The van der Waals surface area contributed by atoms with Crippen LogP contribution in [-0.2, 0) is 27.2 Å². The molecule has 0 saturated heterocycles. The van der Waals surface area contributed by atoms with Crippen LogP contribution >= 0.6 is 0 Å². The third kappa shape index (κ3) is 5.55. The largest absolute Gasteiger partial charge is 0.487 e. The zero-order chi connectivity index (χ0) is 25.9. The number of hydrogen-bond acceptors (Lipinski definition) is 6. The van der Waals surface area contributed by atoms with Crippen LogP contribution in [0.2, 0.25) is 0 Å². The minimum atomic E-state index is -1.02.